The van der Waals surface area contributed by atoms with Gasteiger partial charge in [-0.05, 0) is 19.8 Å². The molecule has 0 aliphatic carbocycles. The third-order valence-corrected chi connectivity index (χ3v) is 1.30. The van der Waals surface area contributed by atoms with Gasteiger partial charge in [0.1, 0.15) is 0 Å². The number of hydrogen-bond donors (Lipinski definition) is 1. The Labute approximate surface area is 52.5 Å². The maximum Gasteiger partial charge on any atom is 0.0755 e. The highest BCUT2D eigenvalue weighted by molar-refractivity contribution is 4.31. The van der Waals surface area contributed by atoms with E-state index in [1.54, 1.807) is 0 Å². The molecule has 0 aromatic heterocycles. The van der Waals surface area contributed by atoms with Gasteiger partial charge >= 0.3 is 0 Å². The summed E-state index contributed by atoms with van der Waals surface area (Å²) >= 11 is 0. The fourth-order valence-electron chi connectivity index (χ4n) is 0.743. The maximum atomic E-state index is 2.36. The van der Waals surface area contributed by atoms with Crippen molar-refractivity contribution in [2.24, 2.45) is 0 Å². The molecule has 0 heterocycles. The van der Waals surface area contributed by atoms with Crippen molar-refractivity contribution >= 4 is 0 Å². The fourth-order valence-corrected chi connectivity index (χ4v) is 0.743. The lowest BCUT2D eigenvalue weighted by Crippen LogP contribution is -2.83. The number of quaternary nitrogens is 1. The van der Waals surface area contributed by atoms with Gasteiger partial charge in [0.25, 0.3) is 0 Å². The summed E-state index contributed by atoms with van der Waals surface area (Å²) in [5.74, 6) is 0. The van der Waals surface area contributed by atoms with Crippen molar-refractivity contribution in [2.75, 3.05) is 13.1 Å². The molecular formula is C7H18N+. The Morgan fingerprint density at radius 2 is 1.88 bits per heavy atom. The van der Waals surface area contributed by atoms with E-state index in [-0.39, 0.29) is 0 Å². The molecule has 0 bridgehead atoms. The monoisotopic (exact) mass is 116 g/mol. The zero-order valence-electron chi connectivity index (χ0n) is 6.11. The van der Waals surface area contributed by atoms with Crippen molar-refractivity contribution in [3.05, 3.63) is 0 Å². The summed E-state index contributed by atoms with van der Waals surface area (Å²) in [4.78, 5) is 0. The first-order valence-corrected chi connectivity index (χ1v) is 3.73. The van der Waals surface area contributed by atoms with Gasteiger partial charge in [-0.2, -0.15) is 0 Å². The summed E-state index contributed by atoms with van der Waals surface area (Å²) in [5, 5.41) is 2.36. The summed E-state index contributed by atoms with van der Waals surface area (Å²) in [6, 6.07) is 0. The van der Waals surface area contributed by atoms with Crippen LogP contribution >= 0.6 is 0 Å². The van der Waals surface area contributed by atoms with Crippen LogP contribution in [0.5, 0.6) is 0 Å². The molecule has 0 spiro atoms. The highest BCUT2D eigenvalue weighted by atomic mass is 14.8. The summed E-state index contributed by atoms with van der Waals surface area (Å²) in [6.07, 6.45) is 4.14. The minimum Gasteiger partial charge on any atom is -0.346 e. The number of nitrogens with two attached hydrogens (primary N) is 1. The van der Waals surface area contributed by atoms with Crippen LogP contribution in [-0.2, 0) is 0 Å². The molecule has 0 atom stereocenters. The van der Waals surface area contributed by atoms with Gasteiger partial charge in [-0.3, -0.25) is 0 Å². The summed E-state index contributed by atoms with van der Waals surface area (Å²) in [7, 11) is 0. The van der Waals surface area contributed by atoms with Crippen molar-refractivity contribution in [3.63, 3.8) is 0 Å². The van der Waals surface area contributed by atoms with Crippen LogP contribution in [0.25, 0.3) is 0 Å². The zero-order valence-corrected chi connectivity index (χ0v) is 6.11. The van der Waals surface area contributed by atoms with Crippen LogP contribution in [0.15, 0.2) is 0 Å². The molecule has 0 rings (SSSR count). The van der Waals surface area contributed by atoms with Crippen LogP contribution in [-0.4, -0.2) is 13.1 Å². The van der Waals surface area contributed by atoms with Crippen molar-refractivity contribution in [1.82, 2.24) is 0 Å². The second-order valence-electron chi connectivity index (χ2n) is 2.19. The normalized spacial score (nSPS) is 9.75. The Morgan fingerprint density at radius 1 is 1.12 bits per heavy atom. The number of unbranched alkanes of at least 4 members (excludes halogenated alkanes) is 2. The Hall–Kier alpha value is -0.0400. The van der Waals surface area contributed by atoms with Gasteiger partial charge in [-0.15, -0.1) is 0 Å². The fraction of sp³-hybridized carbons (Fsp3) is 1.00. The second kappa shape index (κ2) is 6.96. The predicted molar refractivity (Wildman–Crippen MR) is 36.9 cm³/mol. The summed E-state index contributed by atoms with van der Waals surface area (Å²) in [6.45, 7) is 7.01. The Balaban J connectivity index is 2.53. The third-order valence-electron chi connectivity index (χ3n) is 1.30. The minimum atomic E-state index is 1.24. The van der Waals surface area contributed by atoms with E-state index in [0.717, 1.165) is 0 Å². The van der Waals surface area contributed by atoms with E-state index in [1.807, 2.05) is 0 Å². The van der Waals surface area contributed by atoms with Crippen molar-refractivity contribution < 1.29 is 5.32 Å². The smallest absolute Gasteiger partial charge is 0.0755 e. The second-order valence-corrected chi connectivity index (χ2v) is 2.19. The molecule has 0 aromatic carbocycles. The molecule has 0 fully saturated rings. The molecular weight excluding hydrogens is 98.1 g/mol. The Morgan fingerprint density at radius 3 is 2.38 bits per heavy atom. The van der Waals surface area contributed by atoms with E-state index in [0.29, 0.717) is 0 Å². The molecule has 1 nitrogen and oxygen atoms in total. The highest BCUT2D eigenvalue weighted by Crippen LogP contribution is 1.88. The SMILES string of the molecule is CCCCC[NH2+]CC. The summed E-state index contributed by atoms with van der Waals surface area (Å²) < 4.78 is 0. The van der Waals surface area contributed by atoms with Gasteiger partial charge in [-0.1, -0.05) is 13.3 Å². The molecule has 0 radical (unpaired) electrons. The third kappa shape index (κ3) is 5.96. The van der Waals surface area contributed by atoms with Gasteiger partial charge in [0, 0.05) is 0 Å². The molecule has 0 aromatic rings. The predicted octanol–water partition coefficient (Wildman–Crippen LogP) is 0.760. The number of rotatable bonds is 5. The highest BCUT2D eigenvalue weighted by Gasteiger charge is 1.84. The van der Waals surface area contributed by atoms with Crippen molar-refractivity contribution in [1.29, 1.82) is 0 Å². The first-order valence-electron chi connectivity index (χ1n) is 3.73. The lowest BCUT2D eigenvalue weighted by Gasteiger charge is -1.94. The molecule has 0 saturated heterocycles. The molecule has 0 aliphatic rings. The average molecular weight is 116 g/mol. The quantitative estimate of drug-likeness (QED) is 0.511. The first kappa shape index (κ1) is 7.96. The minimum absolute atomic E-state index is 1.24. The summed E-state index contributed by atoms with van der Waals surface area (Å²) in [5.41, 5.74) is 0. The van der Waals surface area contributed by atoms with E-state index in [2.05, 4.69) is 19.2 Å². The molecule has 50 valence electrons. The van der Waals surface area contributed by atoms with E-state index < -0.39 is 0 Å². The van der Waals surface area contributed by atoms with E-state index >= 15 is 0 Å². The van der Waals surface area contributed by atoms with Crippen LogP contribution < -0.4 is 5.32 Å². The molecule has 0 amide bonds. The van der Waals surface area contributed by atoms with E-state index in [1.165, 1.54) is 32.4 Å². The number of hydrogen-bond acceptors (Lipinski definition) is 0. The van der Waals surface area contributed by atoms with Crippen LogP contribution in [0.2, 0.25) is 0 Å². The van der Waals surface area contributed by atoms with Crippen molar-refractivity contribution in [3.8, 4) is 0 Å². The zero-order chi connectivity index (χ0) is 6.24. The van der Waals surface area contributed by atoms with Gasteiger partial charge < -0.3 is 5.32 Å². The van der Waals surface area contributed by atoms with Gasteiger partial charge in [0.15, 0.2) is 0 Å². The maximum absolute atomic E-state index is 2.36. The average Bonchev–Trinajstić information content (AvgIpc) is 1.81. The molecule has 8 heavy (non-hydrogen) atoms. The Kier molecular flexibility index (Phi) is 6.93. The molecule has 2 N–H and O–H groups in total. The van der Waals surface area contributed by atoms with E-state index in [9.17, 15) is 0 Å². The standard InChI is InChI=1S/C7H17N/c1-3-5-6-7-8-4-2/h8H,3-7H2,1-2H3/p+1. The van der Waals surface area contributed by atoms with Crippen molar-refractivity contribution in [2.45, 2.75) is 33.1 Å². The van der Waals surface area contributed by atoms with Crippen LogP contribution in [0, 0.1) is 0 Å². The molecule has 0 aliphatic heterocycles. The lowest BCUT2D eigenvalue weighted by molar-refractivity contribution is -0.652. The van der Waals surface area contributed by atoms with Gasteiger partial charge in [0.2, 0.25) is 0 Å². The van der Waals surface area contributed by atoms with Gasteiger partial charge in [0.05, 0.1) is 13.1 Å². The largest absolute Gasteiger partial charge is 0.346 e. The topological polar surface area (TPSA) is 16.6 Å². The van der Waals surface area contributed by atoms with Crippen LogP contribution in [0.1, 0.15) is 33.1 Å². The molecule has 1 heteroatoms. The van der Waals surface area contributed by atoms with E-state index in [4.69, 9.17) is 0 Å². The van der Waals surface area contributed by atoms with Crippen LogP contribution in [0.3, 0.4) is 0 Å². The lowest BCUT2D eigenvalue weighted by atomic mass is 10.2. The molecule has 0 saturated carbocycles. The van der Waals surface area contributed by atoms with Crippen LogP contribution in [0.4, 0.5) is 0 Å². The van der Waals surface area contributed by atoms with Gasteiger partial charge in [-0.25, -0.2) is 0 Å². The Bertz CT molecular complexity index is 29.4. The molecule has 0 unspecified atom stereocenters. The first-order chi connectivity index (χ1) is 3.91.